The summed E-state index contributed by atoms with van der Waals surface area (Å²) in [5.41, 5.74) is 0.363. The standard InChI is InChI=1S/C10H9BrN4O4S/c11-8-2-1-7(9(3-8)15(16)17)4-14-5-10(13-6-14)20(12,18)19/h1-3,5-6H,4H2,(H2,12,18,19). The molecule has 0 amide bonds. The van der Waals surface area contributed by atoms with E-state index in [-0.39, 0.29) is 17.3 Å². The first-order valence-electron chi connectivity index (χ1n) is 5.25. The highest BCUT2D eigenvalue weighted by Crippen LogP contribution is 2.24. The summed E-state index contributed by atoms with van der Waals surface area (Å²) in [6.45, 7) is 0.117. The fourth-order valence-electron chi connectivity index (χ4n) is 1.61. The van der Waals surface area contributed by atoms with Gasteiger partial charge >= 0.3 is 0 Å². The first-order chi connectivity index (χ1) is 9.27. The van der Waals surface area contributed by atoms with Crippen LogP contribution in [0.5, 0.6) is 0 Å². The van der Waals surface area contributed by atoms with E-state index in [2.05, 4.69) is 20.9 Å². The van der Waals surface area contributed by atoms with Gasteiger partial charge in [-0.05, 0) is 12.1 Å². The van der Waals surface area contributed by atoms with Crippen molar-refractivity contribution >= 4 is 31.6 Å². The lowest BCUT2D eigenvalue weighted by Crippen LogP contribution is -2.12. The SMILES string of the molecule is NS(=O)(=O)c1cn(Cc2ccc(Br)cc2[N+](=O)[O-])cn1. The van der Waals surface area contributed by atoms with Gasteiger partial charge in [0.25, 0.3) is 15.7 Å². The van der Waals surface area contributed by atoms with Crippen LogP contribution >= 0.6 is 15.9 Å². The molecule has 0 fully saturated rings. The number of nitro groups is 1. The van der Waals surface area contributed by atoms with Gasteiger partial charge in [0.05, 0.1) is 17.8 Å². The van der Waals surface area contributed by atoms with Gasteiger partial charge in [-0.1, -0.05) is 15.9 Å². The highest BCUT2D eigenvalue weighted by molar-refractivity contribution is 9.10. The zero-order valence-electron chi connectivity index (χ0n) is 9.93. The lowest BCUT2D eigenvalue weighted by molar-refractivity contribution is -0.385. The van der Waals surface area contributed by atoms with Crippen LogP contribution in [-0.4, -0.2) is 22.9 Å². The Balaban J connectivity index is 2.35. The van der Waals surface area contributed by atoms with Gasteiger partial charge in [-0.25, -0.2) is 18.5 Å². The molecule has 8 nitrogen and oxygen atoms in total. The van der Waals surface area contributed by atoms with E-state index >= 15 is 0 Å². The van der Waals surface area contributed by atoms with Gasteiger partial charge in [0.2, 0.25) is 0 Å². The van der Waals surface area contributed by atoms with Gasteiger partial charge in [0.15, 0.2) is 5.03 Å². The number of nitro benzene ring substituents is 1. The highest BCUT2D eigenvalue weighted by Gasteiger charge is 2.16. The number of nitrogens with two attached hydrogens (primary N) is 1. The minimum absolute atomic E-state index is 0.0646. The number of rotatable bonds is 4. The number of benzene rings is 1. The zero-order valence-corrected chi connectivity index (χ0v) is 12.3. The van der Waals surface area contributed by atoms with Crippen LogP contribution in [0.25, 0.3) is 0 Å². The van der Waals surface area contributed by atoms with Crippen LogP contribution in [0.2, 0.25) is 0 Å². The van der Waals surface area contributed by atoms with Crippen LogP contribution in [0.15, 0.2) is 40.2 Å². The molecule has 106 valence electrons. The Bertz CT molecular complexity index is 771. The molecule has 0 aliphatic rings. The van der Waals surface area contributed by atoms with Crippen LogP contribution in [-0.2, 0) is 16.6 Å². The number of nitrogens with zero attached hydrogens (tertiary/aromatic N) is 3. The largest absolute Gasteiger partial charge is 0.331 e. The second kappa shape index (κ2) is 5.31. The number of aromatic nitrogens is 2. The second-order valence-corrected chi connectivity index (χ2v) is 6.38. The molecule has 10 heteroatoms. The van der Waals surface area contributed by atoms with Crippen LogP contribution < -0.4 is 5.14 Å². The third kappa shape index (κ3) is 3.21. The second-order valence-electron chi connectivity index (χ2n) is 3.96. The summed E-state index contributed by atoms with van der Waals surface area (Å²) in [7, 11) is -3.88. The maximum atomic E-state index is 11.1. The molecular weight excluding hydrogens is 352 g/mol. The number of imidazole rings is 1. The van der Waals surface area contributed by atoms with E-state index in [1.54, 1.807) is 12.1 Å². The lowest BCUT2D eigenvalue weighted by Gasteiger charge is -2.04. The number of sulfonamides is 1. The minimum Gasteiger partial charge on any atom is -0.331 e. The van der Waals surface area contributed by atoms with Crippen LogP contribution in [0.3, 0.4) is 0 Å². The topological polar surface area (TPSA) is 121 Å². The van der Waals surface area contributed by atoms with E-state index in [4.69, 9.17) is 5.14 Å². The molecule has 2 rings (SSSR count). The quantitative estimate of drug-likeness (QED) is 0.649. The van der Waals surface area contributed by atoms with E-state index in [9.17, 15) is 18.5 Å². The molecule has 0 bridgehead atoms. The molecule has 0 spiro atoms. The number of hydrogen-bond donors (Lipinski definition) is 1. The van der Waals surface area contributed by atoms with Gasteiger partial charge in [0.1, 0.15) is 0 Å². The molecule has 0 radical (unpaired) electrons. The van der Waals surface area contributed by atoms with E-state index in [1.807, 2.05) is 0 Å². The minimum atomic E-state index is -3.88. The molecule has 1 heterocycles. The maximum Gasteiger partial charge on any atom is 0.275 e. The number of primary sulfonamides is 1. The highest BCUT2D eigenvalue weighted by atomic mass is 79.9. The average Bonchev–Trinajstić information content (AvgIpc) is 2.79. The van der Waals surface area contributed by atoms with Crippen molar-refractivity contribution in [2.24, 2.45) is 5.14 Å². The maximum absolute atomic E-state index is 11.1. The molecule has 1 aromatic carbocycles. The van der Waals surface area contributed by atoms with Crippen molar-refractivity contribution in [3.8, 4) is 0 Å². The fraction of sp³-hybridized carbons (Fsp3) is 0.100. The Kier molecular flexibility index (Phi) is 3.88. The molecule has 0 saturated heterocycles. The van der Waals surface area contributed by atoms with Crippen LogP contribution in [0, 0.1) is 10.1 Å². The third-order valence-electron chi connectivity index (χ3n) is 2.50. The zero-order chi connectivity index (χ0) is 14.9. The number of halogens is 1. The molecule has 20 heavy (non-hydrogen) atoms. The van der Waals surface area contributed by atoms with Gasteiger partial charge in [-0.15, -0.1) is 0 Å². The molecular formula is C10H9BrN4O4S. The summed E-state index contributed by atoms with van der Waals surface area (Å²) in [5.74, 6) is 0. The summed E-state index contributed by atoms with van der Waals surface area (Å²) >= 11 is 3.16. The monoisotopic (exact) mass is 360 g/mol. The summed E-state index contributed by atoms with van der Waals surface area (Å²) in [4.78, 5) is 14.1. The summed E-state index contributed by atoms with van der Waals surface area (Å²) < 4.78 is 24.2. The molecule has 2 aromatic rings. The Morgan fingerprint density at radius 2 is 2.15 bits per heavy atom. The van der Waals surface area contributed by atoms with Crippen molar-refractivity contribution in [1.82, 2.24) is 9.55 Å². The van der Waals surface area contributed by atoms with Gasteiger partial charge < -0.3 is 4.57 Å². The van der Waals surface area contributed by atoms with Gasteiger partial charge in [-0.3, -0.25) is 10.1 Å². The summed E-state index contributed by atoms with van der Waals surface area (Å²) in [6.07, 6.45) is 2.48. The Morgan fingerprint density at radius 1 is 1.45 bits per heavy atom. The molecule has 2 N–H and O–H groups in total. The Hall–Kier alpha value is -1.78. The van der Waals surface area contributed by atoms with E-state index in [0.717, 1.165) is 0 Å². The average molecular weight is 361 g/mol. The van der Waals surface area contributed by atoms with E-state index in [1.165, 1.54) is 23.2 Å². The summed E-state index contributed by atoms with van der Waals surface area (Å²) in [5, 5.41) is 15.6. The molecule has 0 unspecified atom stereocenters. The van der Waals surface area contributed by atoms with E-state index < -0.39 is 14.9 Å². The van der Waals surface area contributed by atoms with Crippen LogP contribution in [0.1, 0.15) is 5.56 Å². The van der Waals surface area contributed by atoms with Crippen molar-refractivity contribution in [2.75, 3.05) is 0 Å². The van der Waals surface area contributed by atoms with Gasteiger partial charge in [0, 0.05) is 22.3 Å². The molecule has 0 aliphatic heterocycles. The third-order valence-corrected chi connectivity index (χ3v) is 3.79. The van der Waals surface area contributed by atoms with Crippen molar-refractivity contribution in [3.63, 3.8) is 0 Å². The van der Waals surface area contributed by atoms with E-state index in [0.29, 0.717) is 10.0 Å². The summed E-state index contributed by atoms with van der Waals surface area (Å²) in [6, 6.07) is 4.63. The first kappa shape index (κ1) is 14.6. The molecule has 1 aromatic heterocycles. The van der Waals surface area contributed by atoms with Crippen molar-refractivity contribution in [2.45, 2.75) is 11.6 Å². The van der Waals surface area contributed by atoms with Gasteiger partial charge in [-0.2, -0.15) is 0 Å². The Labute approximate surface area is 122 Å². The lowest BCUT2D eigenvalue weighted by atomic mass is 10.2. The molecule has 0 atom stereocenters. The van der Waals surface area contributed by atoms with Crippen molar-refractivity contribution in [1.29, 1.82) is 0 Å². The molecule has 0 aliphatic carbocycles. The molecule has 0 saturated carbocycles. The predicted molar refractivity (Wildman–Crippen MR) is 73.5 cm³/mol. The Morgan fingerprint density at radius 3 is 2.70 bits per heavy atom. The smallest absolute Gasteiger partial charge is 0.275 e. The van der Waals surface area contributed by atoms with Crippen molar-refractivity contribution in [3.05, 3.63) is 50.9 Å². The normalized spacial score (nSPS) is 11.5. The van der Waals surface area contributed by atoms with Crippen LogP contribution in [0.4, 0.5) is 5.69 Å². The van der Waals surface area contributed by atoms with Crippen molar-refractivity contribution < 1.29 is 13.3 Å². The number of hydrogen-bond acceptors (Lipinski definition) is 5. The fourth-order valence-corrected chi connectivity index (χ4v) is 2.44. The first-order valence-corrected chi connectivity index (χ1v) is 7.58. The predicted octanol–water partition coefficient (Wildman–Crippen LogP) is 1.25.